The number of amides is 1. The van der Waals surface area contributed by atoms with E-state index >= 15 is 0 Å². The lowest BCUT2D eigenvalue weighted by Gasteiger charge is -2.33. The van der Waals surface area contributed by atoms with Crippen LogP contribution in [0.5, 0.6) is 5.75 Å². The van der Waals surface area contributed by atoms with Gasteiger partial charge in [-0.15, -0.1) is 10.2 Å². The number of hydrogen-bond donors (Lipinski definition) is 0. The topological polar surface area (TPSA) is 63.5 Å². The molecule has 0 bridgehead atoms. The molecule has 1 aromatic carbocycles. The zero-order valence-electron chi connectivity index (χ0n) is 14.7. The molecule has 1 atom stereocenters. The maximum Gasteiger partial charge on any atom is 0.237 e. The van der Waals surface area contributed by atoms with E-state index in [0.717, 1.165) is 36.1 Å². The maximum absolute atomic E-state index is 12.8. The van der Waals surface area contributed by atoms with Gasteiger partial charge in [0.15, 0.2) is 5.82 Å². The first-order valence-corrected chi connectivity index (χ1v) is 8.73. The van der Waals surface area contributed by atoms with Gasteiger partial charge in [-0.2, -0.15) is 0 Å². The van der Waals surface area contributed by atoms with E-state index in [1.165, 1.54) is 0 Å². The van der Waals surface area contributed by atoms with Gasteiger partial charge in [-0.1, -0.05) is 18.2 Å². The van der Waals surface area contributed by atoms with E-state index in [-0.39, 0.29) is 11.9 Å². The van der Waals surface area contributed by atoms with Crippen LogP contribution >= 0.6 is 0 Å². The highest BCUT2D eigenvalue weighted by atomic mass is 16.5. The SMILES string of the molecule is Cc1nnc2n1[C@H](C)CN(C(=O)CN1CCOc3ccccc3C1)C2. The van der Waals surface area contributed by atoms with Crippen LogP contribution in [-0.4, -0.2) is 56.7 Å². The van der Waals surface area contributed by atoms with E-state index in [1.807, 2.05) is 30.0 Å². The molecule has 0 saturated heterocycles. The van der Waals surface area contributed by atoms with Crippen molar-refractivity contribution in [2.45, 2.75) is 33.0 Å². The summed E-state index contributed by atoms with van der Waals surface area (Å²) in [4.78, 5) is 16.9. The highest BCUT2D eigenvalue weighted by Gasteiger charge is 2.29. The zero-order chi connectivity index (χ0) is 17.4. The average Bonchev–Trinajstić information content (AvgIpc) is 2.85. The van der Waals surface area contributed by atoms with Crippen LogP contribution in [0.3, 0.4) is 0 Å². The van der Waals surface area contributed by atoms with Crippen LogP contribution in [0, 0.1) is 6.92 Å². The first-order valence-electron chi connectivity index (χ1n) is 8.73. The van der Waals surface area contributed by atoms with Gasteiger partial charge in [0.05, 0.1) is 19.1 Å². The average molecular weight is 341 g/mol. The lowest BCUT2D eigenvalue weighted by molar-refractivity contribution is -0.134. The van der Waals surface area contributed by atoms with Gasteiger partial charge in [-0.25, -0.2) is 0 Å². The maximum atomic E-state index is 12.8. The van der Waals surface area contributed by atoms with Gasteiger partial charge in [0.1, 0.15) is 18.2 Å². The number of carbonyl (C=O) groups is 1. The molecule has 132 valence electrons. The third-order valence-corrected chi connectivity index (χ3v) is 4.94. The second-order valence-corrected chi connectivity index (χ2v) is 6.82. The standard InChI is InChI=1S/C18H23N5O2/c1-13-9-22(11-17-20-19-14(2)23(13)17)18(24)12-21-7-8-25-16-6-4-3-5-15(16)10-21/h3-6,13H,7-12H2,1-2H3/t13-/m1/s1. The zero-order valence-corrected chi connectivity index (χ0v) is 14.7. The lowest BCUT2D eigenvalue weighted by Crippen LogP contribution is -2.45. The molecule has 4 rings (SSSR count). The summed E-state index contributed by atoms with van der Waals surface area (Å²) in [5, 5.41) is 8.36. The summed E-state index contributed by atoms with van der Waals surface area (Å²) in [5.74, 6) is 2.84. The summed E-state index contributed by atoms with van der Waals surface area (Å²) in [5.41, 5.74) is 1.13. The first kappa shape index (κ1) is 16.1. The van der Waals surface area contributed by atoms with Gasteiger partial charge >= 0.3 is 0 Å². The minimum atomic E-state index is 0.137. The summed E-state index contributed by atoms with van der Waals surface area (Å²) in [7, 11) is 0. The molecule has 0 radical (unpaired) electrons. The number of aryl methyl sites for hydroxylation is 1. The second kappa shape index (κ2) is 6.48. The van der Waals surface area contributed by atoms with Gasteiger partial charge in [-0.3, -0.25) is 9.69 Å². The second-order valence-electron chi connectivity index (χ2n) is 6.82. The number of para-hydroxylation sites is 1. The number of nitrogens with zero attached hydrogens (tertiary/aromatic N) is 5. The summed E-state index contributed by atoms with van der Waals surface area (Å²) >= 11 is 0. The Morgan fingerprint density at radius 1 is 1.28 bits per heavy atom. The van der Waals surface area contributed by atoms with Crippen molar-refractivity contribution in [3.63, 3.8) is 0 Å². The fourth-order valence-corrected chi connectivity index (χ4v) is 3.73. The third kappa shape index (κ3) is 3.11. The Balaban J connectivity index is 1.44. The molecule has 7 nitrogen and oxygen atoms in total. The molecular weight excluding hydrogens is 318 g/mol. The molecule has 1 aromatic heterocycles. The van der Waals surface area contributed by atoms with Crippen LogP contribution in [0.15, 0.2) is 24.3 Å². The number of carbonyl (C=O) groups excluding carboxylic acids is 1. The summed E-state index contributed by atoms with van der Waals surface area (Å²) in [6.07, 6.45) is 0. The van der Waals surface area contributed by atoms with Crippen LogP contribution in [0.25, 0.3) is 0 Å². The van der Waals surface area contributed by atoms with Crippen molar-refractivity contribution >= 4 is 5.91 Å². The molecule has 2 aliphatic heterocycles. The fraction of sp³-hybridized carbons (Fsp3) is 0.500. The summed E-state index contributed by atoms with van der Waals surface area (Å²) in [6.45, 7) is 7.79. The fourth-order valence-electron chi connectivity index (χ4n) is 3.73. The molecule has 3 heterocycles. The lowest BCUT2D eigenvalue weighted by atomic mass is 10.2. The number of rotatable bonds is 2. The van der Waals surface area contributed by atoms with E-state index in [4.69, 9.17) is 4.74 Å². The summed E-state index contributed by atoms with van der Waals surface area (Å²) < 4.78 is 7.91. The smallest absolute Gasteiger partial charge is 0.237 e. The predicted molar refractivity (Wildman–Crippen MR) is 92.1 cm³/mol. The van der Waals surface area contributed by atoms with Crippen molar-refractivity contribution in [1.82, 2.24) is 24.6 Å². The normalized spacial score (nSPS) is 20.4. The molecule has 1 amide bonds. The van der Waals surface area contributed by atoms with Gasteiger partial charge in [0.2, 0.25) is 5.91 Å². The van der Waals surface area contributed by atoms with Gasteiger partial charge in [0.25, 0.3) is 0 Å². The molecule has 0 aliphatic carbocycles. The number of ether oxygens (including phenoxy) is 1. The number of aromatic nitrogens is 3. The molecule has 2 aliphatic rings. The third-order valence-electron chi connectivity index (χ3n) is 4.94. The monoisotopic (exact) mass is 341 g/mol. The van der Waals surface area contributed by atoms with Gasteiger partial charge in [-0.05, 0) is 19.9 Å². The molecule has 0 spiro atoms. The van der Waals surface area contributed by atoms with Crippen molar-refractivity contribution in [3.05, 3.63) is 41.5 Å². The van der Waals surface area contributed by atoms with Gasteiger partial charge in [0, 0.05) is 25.2 Å². The molecule has 0 unspecified atom stereocenters. The van der Waals surface area contributed by atoms with E-state index in [9.17, 15) is 4.79 Å². The molecule has 2 aromatic rings. The molecule has 0 saturated carbocycles. The Morgan fingerprint density at radius 2 is 2.12 bits per heavy atom. The quantitative estimate of drug-likeness (QED) is 0.826. The van der Waals surface area contributed by atoms with Crippen molar-refractivity contribution < 1.29 is 9.53 Å². The molecule has 25 heavy (non-hydrogen) atoms. The van der Waals surface area contributed by atoms with E-state index < -0.39 is 0 Å². The minimum absolute atomic E-state index is 0.137. The van der Waals surface area contributed by atoms with E-state index in [2.05, 4.69) is 32.7 Å². The van der Waals surface area contributed by atoms with Crippen LogP contribution < -0.4 is 4.74 Å². The highest BCUT2D eigenvalue weighted by molar-refractivity contribution is 5.78. The van der Waals surface area contributed by atoms with E-state index in [1.54, 1.807) is 0 Å². The number of benzene rings is 1. The van der Waals surface area contributed by atoms with Crippen LogP contribution in [0.2, 0.25) is 0 Å². The largest absolute Gasteiger partial charge is 0.492 e. The van der Waals surface area contributed by atoms with Crippen LogP contribution in [0.1, 0.15) is 30.2 Å². The van der Waals surface area contributed by atoms with Crippen molar-refractivity contribution in [3.8, 4) is 5.75 Å². The van der Waals surface area contributed by atoms with Gasteiger partial charge < -0.3 is 14.2 Å². The Kier molecular flexibility index (Phi) is 4.17. The molecule has 0 fully saturated rings. The Morgan fingerprint density at radius 3 is 3.00 bits per heavy atom. The molecule has 7 heteroatoms. The number of hydrogen-bond acceptors (Lipinski definition) is 5. The van der Waals surface area contributed by atoms with E-state index in [0.29, 0.717) is 26.2 Å². The van der Waals surface area contributed by atoms with Crippen molar-refractivity contribution in [2.75, 3.05) is 26.2 Å². The molecular formula is C18H23N5O2. The molecule has 0 N–H and O–H groups in total. The minimum Gasteiger partial charge on any atom is -0.492 e. The highest BCUT2D eigenvalue weighted by Crippen LogP contribution is 2.24. The van der Waals surface area contributed by atoms with Crippen LogP contribution in [-0.2, 0) is 17.9 Å². The Labute approximate surface area is 147 Å². The number of fused-ring (bicyclic) bond motifs is 2. The van der Waals surface area contributed by atoms with Crippen molar-refractivity contribution in [2.24, 2.45) is 0 Å². The van der Waals surface area contributed by atoms with Crippen molar-refractivity contribution in [1.29, 1.82) is 0 Å². The van der Waals surface area contributed by atoms with Crippen LogP contribution in [0.4, 0.5) is 0 Å². The Hall–Kier alpha value is -2.41. The Bertz CT molecular complexity index is 788. The predicted octanol–water partition coefficient (Wildman–Crippen LogP) is 1.38. The summed E-state index contributed by atoms with van der Waals surface area (Å²) in [6, 6.07) is 8.24. The first-order chi connectivity index (χ1) is 12.1.